The summed E-state index contributed by atoms with van der Waals surface area (Å²) >= 11 is 0. The van der Waals surface area contributed by atoms with Gasteiger partial charge in [0.15, 0.2) is 6.29 Å². The summed E-state index contributed by atoms with van der Waals surface area (Å²) in [6.07, 6.45) is 2.23. The van der Waals surface area contributed by atoms with Gasteiger partial charge in [0.2, 0.25) is 0 Å². The smallest absolute Gasteiger partial charge is 0.170 e. The van der Waals surface area contributed by atoms with Crippen LogP contribution in [0.15, 0.2) is 6.33 Å². The zero-order valence-electron chi connectivity index (χ0n) is 4.92. The van der Waals surface area contributed by atoms with Crippen LogP contribution in [0.1, 0.15) is 16.2 Å². The molecule has 1 heterocycles. The lowest BCUT2D eigenvalue weighted by molar-refractivity contribution is 0.111. The van der Waals surface area contributed by atoms with Crippen LogP contribution >= 0.6 is 12.4 Å². The first-order chi connectivity index (χ1) is 3.84. The summed E-state index contributed by atoms with van der Waals surface area (Å²) in [5.41, 5.74) is 1.31. The highest BCUT2D eigenvalue weighted by Gasteiger charge is 1.94. The molecule has 0 aliphatic heterocycles. The van der Waals surface area contributed by atoms with Gasteiger partial charge in [0, 0.05) is 5.69 Å². The maximum Gasteiger partial charge on any atom is 0.170 e. The van der Waals surface area contributed by atoms with E-state index >= 15 is 0 Å². The summed E-state index contributed by atoms with van der Waals surface area (Å²) in [7, 11) is 0. The summed E-state index contributed by atoms with van der Waals surface area (Å²) < 4.78 is 0. The Labute approximate surface area is 58.9 Å². The van der Waals surface area contributed by atoms with Gasteiger partial charge in [-0.1, -0.05) is 0 Å². The maximum absolute atomic E-state index is 10.0. The van der Waals surface area contributed by atoms with E-state index in [4.69, 9.17) is 0 Å². The van der Waals surface area contributed by atoms with Crippen LogP contribution in [0.5, 0.6) is 0 Å². The third-order valence-electron chi connectivity index (χ3n) is 0.981. The van der Waals surface area contributed by atoms with E-state index in [1.54, 1.807) is 6.92 Å². The van der Waals surface area contributed by atoms with Crippen molar-refractivity contribution in [3.05, 3.63) is 17.7 Å². The van der Waals surface area contributed by atoms with E-state index < -0.39 is 0 Å². The highest BCUT2D eigenvalue weighted by molar-refractivity contribution is 5.85. The Kier molecular flexibility index (Phi) is 2.95. The molecule has 1 aromatic rings. The minimum Gasteiger partial charge on any atom is -0.348 e. The molecule has 0 saturated heterocycles. The number of hydrogen-bond donors (Lipinski definition) is 1. The Bertz CT molecular complexity index is 197. The first-order valence-corrected chi connectivity index (χ1v) is 2.29. The maximum atomic E-state index is 10.0. The molecule has 4 heteroatoms. The molecule has 1 rings (SSSR count). The molecule has 1 aromatic heterocycles. The number of imidazole rings is 1. The quantitative estimate of drug-likeness (QED) is 0.600. The average molecular weight is 147 g/mol. The van der Waals surface area contributed by atoms with Gasteiger partial charge in [-0.3, -0.25) is 4.79 Å². The van der Waals surface area contributed by atoms with Gasteiger partial charge in [-0.2, -0.15) is 0 Å². The number of aldehydes is 1. The molecular formula is C5H7ClN2O. The fourth-order valence-corrected chi connectivity index (χ4v) is 0.488. The van der Waals surface area contributed by atoms with Crippen molar-refractivity contribution in [3.63, 3.8) is 0 Å². The van der Waals surface area contributed by atoms with Crippen LogP contribution in [-0.2, 0) is 0 Å². The monoisotopic (exact) mass is 146 g/mol. The van der Waals surface area contributed by atoms with Crippen molar-refractivity contribution in [3.8, 4) is 0 Å². The van der Waals surface area contributed by atoms with Crippen LogP contribution in [0.2, 0.25) is 0 Å². The van der Waals surface area contributed by atoms with E-state index in [-0.39, 0.29) is 12.4 Å². The fourth-order valence-electron chi connectivity index (χ4n) is 0.488. The zero-order valence-corrected chi connectivity index (χ0v) is 5.73. The second kappa shape index (κ2) is 3.25. The number of nitrogens with zero attached hydrogens (tertiary/aromatic N) is 1. The lowest BCUT2D eigenvalue weighted by Crippen LogP contribution is -1.80. The summed E-state index contributed by atoms with van der Waals surface area (Å²) in [6, 6.07) is 0. The fraction of sp³-hybridized carbons (Fsp3) is 0.200. The van der Waals surface area contributed by atoms with Gasteiger partial charge in [-0.05, 0) is 6.92 Å². The van der Waals surface area contributed by atoms with Gasteiger partial charge in [-0.15, -0.1) is 12.4 Å². The largest absolute Gasteiger partial charge is 0.348 e. The van der Waals surface area contributed by atoms with Gasteiger partial charge in [0.25, 0.3) is 0 Å². The molecule has 1 N–H and O–H groups in total. The molecule has 0 spiro atoms. The zero-order chi connectivity index (χ0) is 5.98. The molecule has 3 nitrogen and oxygen atoms in total. The van der Waals surface area contributed by atoms with E-state index in [1.165, 1.54) is 6.33 Å². The number of aromatic amines is 1. The molecular weight excluding hydrogens is 140 g/mol. The number of rotatable bonds is 1. The molecule has 0 saturated carbocycles. The third-order valence-corrected chi connectivity index (χ3v) is 0.981. The molecule has 0 amide bonds. The van der Waals surface area contributed by atoms with Crippen LogP contribution in [0, 0.1) is 6.92 Å². The van der Waals surface area contributed by atoms with E-state index in [9.17, 15) is 4.79 Å². The van der Waals surface area contributed by atoms with Crippen LogP contribution in [-0.4, -0.2) is 16.3 Å². The highest BCUT2D eigenvalue weighted by atomic mass is 35.5. The van der Waals surface area contributed by atoms with Crippen molar-refractivity contribution in [2.75, 3.05) is 0 Å². The number of aromatic nitrogens is 2. The van der Waals surface area contributed by atoms with Gasteiger partial charge in [0.1, 0.15) is 5.69 Å². The second-order valence-corrected chi connectivity index (χ2v) is 1.53. The number of halogens is 1. The third kappa shape index (κ3) is 1.54. The van der Waals surface area contributed by atoms with Crippen molar-refractivity contribution < 1.29 is 4.79 Å². The Hall–Kier alpha value is -0.830. The summed E-state index contributed by atoms with van der Waals surface area (Å²) in [5, 5.41) is 0. The first kappa shape index (κ1) is 8.17. The van der Waals surface area contributed by atoms with Crippen LogP contribution < -0.4 is 0 Å². The van der Waals surface area contributed by atoms with Crippen molar-refractivity contribution in [2.45, 2.75) is 6.92 Å². The number of carbonyl (C=O) groups excluding carboxylic acids is 1. The molecule has 0 aliphatic rings. The average Bonchev–Trinajstić information content (AvgIpc) is 2.14. The molecule has 50 valence electrons. The lowest BCUT2D eigenvalue weighted by Gasteiger charge is -1.78. The molecule has 9 heavy (non-hydrogen) atoms. The SMILES string of the molecule is Cc1[nH]cnc1C=O.Cl. The van der Waals surface area contributed by atoms with E-state index in [2.05, 4.69) is 9.97 Å². The van der Waals surface area contributed by atoms with E-state index in [0.717, 1.165) is 12.0 Å². The summed E-state index contributed by atoms with van der Waals surface area (Å²) in [4.78, 5) is 16.5. The summed E-state index contributed by atoms with van der Waals surface area (Å²) in [5.74, 6) is 0. The molecule has 0 bridgehead atoms. The predicted molar refractivity (Wildman–Crippen MR) is 36.0 cm³/mol. The van der Waals surface area contributed by atoms with Crippen molar-refractivity contribution in [1.82, 2.24) is 9.97 Å². The number of hydrogen-bond acceptors (Lipinski definition) is 2. The van der Waals surface area contributed by atoms with E-state index in [1.807, 2.05) is 0 Å². The predicted octanol–water partition coefficient (Wildman–Crippen LogP) is 0.952. The number of nitrogens with one attached hydrogen (secondary N) is 1. The number of aryl methyl sites for hydroxylation is 1. The minimum atomic E-state index is 0. The standard InChI is InChI=1S/C5H6N2O.ClH/c1-4-5(2-8)7-3-6-4;/h2-3H,1H3,(H,6,7);1H. The van der Waals surface area contributed by atoms with Gasteiger partial charge in [0.05, 0.1) is 6.33 Å². The molecule has 0 aliphatic carbocycles. The lowest BCUT2D eigenvalue weighted by atomic mass is 10.4. The van der Waals surface area contributed by atoms with Crippen molar-refractivity contribution in [1.29, 1.82) is 0 Å². The van der Waals surface area contributed by atoms with Crippen molar-refractivity contribution in [2.24, 2.45) is 0 Å². The number of H-pyrrole nitrogens is 1. The topological polar surface area (TPSA) is 45.8 Å². The number of carbonyl (C=O) groups is 1. The van der Waals surface area contributed by atoms with Gasteiger partial charge < -0.3 is 4.98 Å². The Balaban J connectivity index is 0.000000640. The van der Waals surface area contributed by atoms with E-state index in [0.29, 0.717) is 5.69 Å². The van der Waals surface area contributed by atoms with Gasteiger partial charge >= 0.3 is 0 Å². The van der Waals surface area contributed by atoms with Crippen LogP contribution in [0.3, 0.4) is 0 Å². The van der Waals surface area contributed by atoms with Crippen molar-refractivity contribution >= 4 is 18.7 Å². The Morgan fingerprint density at radius 3 is 2.67 bits per heavy atom. The molecule has 0 atom stereocenters. The minimum absolute atomic E-state index is 0. The molecule has 0 fully saturated rings. The molecule has 0 unspecified atom stereocenters. The summed E-state index contributed by atoms with van der Waals surface area (Å²) in [6.45, 7) is 1.80. The highest BCUT2D eigenvalue weighted by Crippen LogP contribution is 1.93. The Morgan fingerprint density at radius 2 is 2.44 bits per heavy atom. The molecule has 0 aromatic carbocycles. The van der Waals surface area contributed by atoms with Crippen LogP contribution in [0.4, 0.5) is 0 Å². The first-order valence-electron chi connectivity index (χ1n) is 2.29. The molecule has 0 radical (unpaired) electrons. The van der Waals surface area contributed by atoms with Gasteiger partial charge in [-0.25, -0.2) is 4.98 Å². The second-order valence-electron chi connectivity index (χ2n) is 1.53. The van der Waals surface area contributed by atoms with Crippen LogP contribution in [0.25, 0.3) is 0 Å². The normalized spacial score (nSPS) is 8.11. The Morgan fingerprint density at radius 1 is 1.78 bits per heavy atom.